The van der Waals surface area contributed by atoms with Crippen LogP contribution in [0.1, 0.15) is 45.1 Å². The van der Waals surface area contributed by atoms with E-state index in [1.165, 1.54) is 55.7 Å². The van der Waals surface area contributed by atoms with Gasteiger partial charge in [-0.05, 0) is 68.2 Å². The molecule has 1 aliphatic carbocycles. The Hall–Kier alpha value is -1.18. The molecule has 0 amide bonds. The molecular weight excluding hydrogens is 244 g/mol. The van der Waals surface area contributed by atoms with Crippen LogP contribution < -0.4 is 10.2 Å². The van der Waals surface area contributed by atoms with Gasteiger partial charge < -0.3 is 10.2 Å². The molecule has 2 nitrogen and oxygen atoms in total. The number of nitrogens with zero attached hydrogens (tertiary/aromatic N) is 1. The summed E-state index contributed by atoms with van der Waals surface area (Å²) in [5.74, 6) is 1.77. The van der Waals surface area contributed by atoms with Gasteiger partial charge in [-0.15, -0.1) is 0 Å². The molecule has 1 heterocycles. The van der Waals surface area contributed by atoms with Gasteiger partial charge in [0.2, 0.25) is 0 Å². The maximum atomic E-state index is 3.73. The second kappa shape index (κ2) is 5.67. The van der Waals surface area contributed by atoms with Crippen molar-refractivity contribution in [3.05, 3.63) is 23.8 Å². The summed E-state index contributed by atoms with van der Waals surface area (Å²) >= 11 is 0. The van der Waals surface area contributed by atoms with E-state index >= 15 is 0 Å². The summed E-state index contributed by atoms with van der Waals surface area (Å²) in [6.07, 6.45) is 5.37. The molecule has 2 aliphatic rings. The van der Waals surface area contributed by atoms with Gasteiger partial charge in [0.15, 0.2) is 0 Å². The molecule has 2 heteroatoms. The van der Waals surface area contributed by atoms with E-state index in [0.29, 0.717) is 6.04 Å². The third-order valence-corrected chi connectivity index (χ3v) is 5.16. The van der Waals surface area contributed by atoms with Crippen LogP contribution in [0.25, 0.3) is 0 Å². The van der Waals surface area contributed by atoms with Crippen LogP contribution in [0.5, 0.6) is 0 Å². The van der Waals surface area contributed by atoms with Gasteiger partial charge in [0.1, 0.15) is 0 Å². The van der Waals surface area contributed by atoms with Gasteiger partial charge in [-0.3, -0.25) is 0 Å². The van der Waals surface area contributed by atoms with E-state index in [1.807, 2.05) is 0 Å². The van der Waals surface area contributed by atoms with Crippen molar-refractivity contribution in [3.63, 3.8) is 0 Å². The summed E-state index contributed by atoms with van der Waals surface area (Å²) in [5.41, 5.74) is 4.13. The Morgan fingerprint density at radius 2 is 1.85 bits per heavy atom. The van der Waals surface area contributed by atoms with Crippen molar-refractivity contribution in [2.75, 3.05) is 23.3 Å². The molecule has 110 valence electrons. The van der Waals surface area contributed by atoms with Gasteiger partial charge in [-0.2, -0.15) is 0 Å². The van der Waals surface area contributed by atoms with Gasteiger partial charge in [-0.25, -0.2) is 0 Å². The molecule has 2 fully saturated rings. The highest BCUT2D eigenvalue weighted by Gasteiger charge is 2.31. The standard InChI is InChI=1S/C18H28N2/c1-13(2)15-11-16(12-15)19-18-7-6-17(10-14(18)3)20-8-4-5-9-20/h6-7,10,13,15-16,19H,4-5,8-9,11-12H2,1-3H3. The fraction of sp³-hybridized carbons (Fsp3) is 0.667. The van der Waals surface area contributed by atoms with Crippen molar-refractivity contribution in [1.29, 1.82) is 0 Å². The first-order chi connectivity index (χ1) is 9.63. The lowest BCUT2D eigenvalue weighted by Gasteiger charge is -2.39. The SMILES string of the molecule is Cc1cc(N2CCCC2)ccc1NC1CC(C(C)C)C1. The van der Waals surface area contributed by atoms with Crippen LogP contribution in [0.4, 0.5) is 11.4 Å². The summed E-state index contributed by atoms with van der Waals surface area (Å²) in [7, 11) is 0. The lowest BCUT2D eigenvalue weighted by Crippen LogP contribution is -2.38. The molecule has 1 saturated carbocycles. The van der Waals surface area contributed by atoms with Crippen LogP contribution in [0.2, 0.25) is 0 Å². The van der Waals surface area contributed by atoms with Gasteiger partial charge in [-0.1, -0.05) is 13.8 Å². The van der Waals surface area contributed by atoms with Crippen LogP contribution in [-0.4, -0.2) is 19.1 Å². The van der Waals surface area contributed by atoms with Crippen LogP contribution >= 0.6 is 0 Å². The minimum Gasteiger partial charge on any atom is -0.382 e. The smallest absolute Gasteiger partial charge is 0.0373 e. The minimum atomic E-state index is 0.693. The van der Waals surface area contributed by atoms with E-state index in [2.05, 4.69) is 49.2 Å². The molecule has 1 N–H and O–H groups in total. The normalized spacial score (nSPS) is 25.9. The van der Waals surface area contributed by atoms with E-state index in [1.54, 1.807) is 0 Å². The molecular formula is C18H28N2. The average molecular weight is 272 g/mol. The predicted molar refractivity (Wildman–Crippen MR) is 87.6 cm³/mol. The number of rotatable bonds is 4. The second-order valence-electron chi connectivity index (χ2n) is 7.01. The summed E-state index contributed by atoms with van der Waals surface area (Å²) in [5, 5.41) is 3.73. The van der Waals surface area contributed by atoms with E-state index in [-0.39, 0.29) is 0 Å². The average Bonchev–Trinajstić information content (AvgIpc) is 2.87. The van der Waals surface area contributed by atoms with Crippen molar-refractivity contribution in [3.8, 4) is 0 Å². The zero-order valence-corrected chi connectivity index (χ0v) is 13.2. The van der Waals surface area contributed by atoms with Crippen LogP contribution in [0.3, 0.4) is 0 Å². The Morgan fingerprint density at radius 3 is 2.45 bits per heavy atom. The third-order valence-electron chi connectivity index (χ3n) is 5.16. The third kappa shape index (κ3) is 2.79. The van der Waals surface area contributed by atoms with Crippen molar-refractivity contribution < 1.29 is 0 Å². The molecule has 1 aromatic rings. The lowest BCUT2D eigenvalue weighted by molar-refractivity contribution is 0.212. The summed E-state index contributed by atoms with van der Waals surface area (Å²) < 4.78 is 0. The Labute approximate surface area is 123 Å². The summed E-state index contributed by atoms with van der Waals surface area (Å²) in [6.45, 7) is 9.38. The number of hydrogen-bond acceptors (Lipinski definition) is 2. The van der Waals surface area contributed by atoms with Crippen molar-refractivity contribution in [2.24, 2.45) is 11.8 Å². The lowest BCUT2D eigenvalue weighted by atomic mass is 9.73. The van der Waals surface area contributed by atoms with Gasteiger partial charge in [0, 0.05) is 30.5 Å². The second-order valence-corrected chi connectivity index (χ2v) is 7.01. The highest BCUT2D eigenvalue weighted by atomic mass is 15.1. The number of hydrogen-bond donors (Lipinski definition) is 1. The molecule has 0 spiro atoms. The van der Waals surface area contributed by atoms with E-state index in [9.17, 15) is 0 Å². The first-order valence-corrected chi connectivity index (χ1v) is 8.25. The van der Waals surface area contributed by atoms with E-state index in [4.69, 9.17) is 0 Å². The topological polar surface area (TPSA) is 15.3 Å². The van der Waals surface area contributed by atoms with Crippen molar-refractivity contribution in [2.45, 2.75) is 52.5 Å². The highest BCUT2D eigenvalue weighted by Crippen LogP contribution is 2.36. The van der Waals surface area contributed by atoms with Gasteiger partial charge in [0.25, 0.3) is 0 Å². The Kier molecular flexibility index (Phi) is 3.91. The first kappa shape index (κ1) is 13.8. The van der Waals surface area contributed by atoms with Crippen LogP contribution in [-0.2, 0) is 0 Å². The number of nitrogens with one attached hydrogen (secondary N) is 1. The van der Waals surface area contributed by atoms with Crippen LogP contribution in [0, 0.1) is 18.8 Å². The molecule has 1 aromatic carbocycles. The fourth-order valence-electron chi connectivity index (χ4n) is 3.53. The molecule has 3 rings (SSSR count). The number of benzene rings is 1. The molecule has 0 bridgehead atoms. The Bertz CT molecular complexity index is 454. The molecule has 1 aliphatic heterocycles. The summed E-state index contributed by atoms with van der Waals surface area (Å²) in [6, 6.07) is 7.62. The molecule has 20 heavy (non-hydrogen) atoms. The van der Waals surface area contributed by atoms with E-state index < -0.39 is 0 Å². The Balaban J connectivity index is 1.60. The van der Waals surface area contributed by atoms with Crippen molar-refractivity contribution >= 4 is 11.4 Å². The highest BCUT2D eigenvalue weighted by molar-refractivity contribution is 5.61. The largest absolute Gasteiger partial charge is 0.382 e. The van der Waals surface area contributed by atoms with Gasteiger partial charge in [0.05, 0.1) is 0 Å². The predicted octanol–water partition coefficient (Wildman–Crippen LogP) is 4.44. The zero-order valence-electron chi connectivity index (χ0n) is 13.2. The van der Waals surface area contributed by atoms with Crippen LogP contribution in [0.15, 0.2) is 18.2 Å². The van der Waals surface area contributed by atoms with Gasteiger partial charge >= 0.3 is 0 Å². The molecule has 1 saturated heterocycles. The Morgan fingerprint density at radius 1 is 1.15 bits per heavy atom. The molecule has 0 atom stereocenters. The van der Waals surface area contributed by atoms with Crippen molar-refractivity contribution in [1.82, 2.24) is 0 Å². The maximum Gasteiger partial charge on any atom is 0.0373 e. The molecule has 0 radical (unpaired) electrons. The quantitative estimate of drug-likeness (QED) is 0.871. The first-order valence-electron chi connectivity index (χ1n) is 8.25. The van der Waals surface area contributed by atoms with E-state index in [0.717, 1.165) is 11.8 Å². The zero-order chi connectivity index (χ0) is 14.1. The molecule has 0 unspecified atom stereocenters. The monoisotopic (exact) mass is 272 g/mol. The fourth-order valence-corrected chi connectivity index (χ4v) is 3.53. The maximum absolute atomic E-state index is 3.73. The minimum absolute atomic E-state index is 0.693. The summed E-state index contributed by atoms with van der Waals surface area (Å²) in [4.78, 5) is 2.51. The molecule has 0 aromatic heterocycles. The number of aryl methyl sites for hydroxylation is 1. The number of anilines is 2.